The molecule has 30 heavy (non-hydrogen) atoms. The van der Waals surface area contributed by atoms with E-state index < -0.39 is 22.9 Å². The third-order valence-corrected chi connectivity index (χ3v) is 5.67. The first-order valence-corrected chi connectivity index (χ1v) is 10.2. The number of hydrogen-bond donors (Lipinski definition) is 2. The Hall–Kier alpha value is -2.97. The number of carbonyl (C=O) groups is 3. The molecule has 1 fully saturated rings. The largest absolute Gasteiger partial charge is 0.452 e. The summed E-state index contributed by atoms with van der Waals surface area (Å²) in [5, 5.41) is 16.2. The Labute approximate surface area is 175 Å². The van der Waals surface area contributed by atoms with E-state index in [0.29, 0.717) is 11.8 Å². The van der Waals surface area contributed by atoms with E-state index in [1.165, 1.54) is 31.2 Å². The van der Waals surface area contributed by atoms with Crippen LogP contribution in [0.3, 0.4) is 0 Å². The predicted molar refractivity (Wildman–Crippen MR) is 110 cm³/mol. The predicted octanol–water partition coefficient (Wildman–Crippen LogP) is 2.59. The molecule has 0 unspecified atom stereocenters. The first-order chi connectivity index (χ1) is 14.2. The fourth-order valence-corrected chi connectivity index (χ4v) is 3.51. The number of nitro benzene ring substituents is 1. The number of carbonyl (C=O) groups excluding carboxylic acids is 3. The summed E-state index contributed by atoms with van der Waals surface area (Å²) in [6.45, 7) is 5.86. The maximum atomic E-state index is 12.3. The van der Waals surface area contributed by atoms with Gasteiger partial charge < -0.3 is 15.4 Å². The van der Waals surface area contributed by atoms with Crippen LogP contribution in [0.4, 0.5) is 5.69 Å². The van der Waals surface area contributed by atoms with Gasteiger partial charge in [0.2, 0.25) is 0 Å². The van der Waals surface area contributed by atoms with E-state index in [9.17, 15) is 24.5 Å². The summed E-state index contributed by atoms with van der Waals surface area (Å²) in [7, 11) is 0. The van der Waals surface area contributed by atoms with Crippen molar-refractivity contribution < 1.29 is 24.0 Å². The van der Waals surface area contributed by atoms with Crippen LogP contribution in [0.25, 0.3) is 0 Å². The standard InChI is InChI=1S/C21H29N3O6/c1-13-5-4-6-18(14(13)2)23-20(26)15(3)30-19(25)11-12-22-21(27)16-7-9-17(10-8-16)24(28)29/h7-10,13-15,18H,4-6,11-12H2,1-3H3,(H,22,27)(H,23,26)/t13-,14-,15-,18-/m1/s1. The Morgan fingerprint density at radius 3 is 2.50 bits per heavy atom. The van der Waals surface area contributed by atoms with Gasteiger partial charge in [0, 0.05) is 30.3 Å². The second-order valence-corrected chi connectivity index (χ2v) is 7.82. The van der Waals surface area contributed by atoms with Gasteiger partial charge in [-0.05, 0) is 37.3 Å². The molecule has 2 amide bonds. The van der Waals surface area contributed by atoms with Crippen molar-refractivity contribution in [1.29, 1.82) is 0 Å². The number of benzene rings is 1. The number of nitrogens with zero attached hydrogens (tertiary/aromatic N) is 1. The van der Waals surface area contributed by atoms with E-state index in [4.69, 9.17) is 4.74 Å². The van der Waals surface area contributed by atoms with Gasteiger partial charge in [-0.1, -0.05) is 26.7 Å². The first kappa shape index (κ1) is 23.3. The van der Waals surface area contributed by atoms with Crippen LogP contribution in [-0.2, 0) is 14.3 Å². The highest BCUT2D eigenvalue weighted by molar-refractivity contribution is 5.94. The Morgan fingerprint density at radius 1 is 1.20 bits per heavy atom. The molecule has 2 N–H and O–H groups in total. The number of ether oxygens (including phenoxy) is 1. The van der Waals surface area contributed by atoms with Crippen LogP contribution in [0, 0.1) is 22.0 Å². The topological polar surface area (TPSA) is 128 Å². The average molecular weight is 419 g/mol. The maximum Gasteiger partial charge on any atom is 0.308 e. The Balaban J connectivity index is 1.72. The minimum atomic E-state index is -0.910. The van der Waals surface area contributed by atoms with E-state index in [-0.39, 0.29) is 36.2 Å². The number of nitro groups is 1. The van der Waals surface area contributed by atoms with Crippen LogP contribution in [0.15, 0.2) is 24.3 Å². The van der Waals surface area contributed by atoms with Gasteiger partial charge in [-0.25, -0.2) is 0 Å². The molecule has 0 heterocycles. The molecule has 0 aromatic heterocycles. The van der Waals surface area contributed by atoms with Crippen LogP contribution < -0.4 is 10.6 Å². The van der Waals surface area contributed by atoms with E-state index in [2.05, 4.69) is 24.5 Å². The summed E-state index contributed by atoms with van der Waals surface area (Å²) in [6, 6.07) is 5.23. The summed E-state index contributed by atoms with van der Waals surface area (Å²) in [5.74, 6) is -0.443. The van der Waals surface area contributed by atoms with E-state index in [0.717, 1.165) is 19.3 Å². The number of esters is 1. The molecule has 4 atom stereocenters. The Kier molecular flexibility index (Phi) is 8.32. The van der Waals surface area contributed by atoms with Gasteiger partial charge in [-0.15, -0.1) is 0 Å². The Bertz CT molecular complexity index is 779. The van der Waals surface area contributed by atoms with Crippen molar-refractivity contribution in [2.75, 3.05) is 6.54 Å². The lowest BCUT2D eigenvalue weighted by atomic mass is 9.78. The molecule has 164 valence electrons. The molecular formula is C21H29N3O6. The van der Waals surface area contributed by atoms with Crippen LogP contribution in [0.2, 0.25) is 0 Å². The highest BCUT2D eigenvalue weighted by Crippen LogP contribution is 2.29. The van der Waals surface area contributed by atoms with Crippen molar-refractivity contribution in [3.63, 3.8) is 0 Å². The lowest BCUT2D eigenvalue weighted by molar-refractivity contribution is -0.384. The second-order valence-electron chi connectivity index (χ2n) is 7.82. The number of nitrogens with one attached hydrogen (secondary N) is 2. The monoisotopic (exact) mass is 419 g/mol. The van der Waals surface area contributed by atoms with Crippen LogP contribution in [0.1, 0.15) is 56.8 Å². The summed E-state index contributed by atoms with van der Waals surface area (Å²) < 4.78 is 5.17. The van der Waals surface area contributed by atoms with Crippen molar-refractivity contribution in [2.24, 2.45) is 11.8 Å². The van der Waals surface area contributed by atoms with Crippen LogP contribution in [-0.4, -0.2) is 41.4 Å². The number of rotatable bonds is 8. The van der Waals surface area contributed by atoms with Crippen LogP contribution in [0.5, 0.6) is 0 Å². The molecule has 2 rings (SSSR count). The zero-order valence-corrected chi connectivity index (χ0v) is 17.6. The van der Waals surface area contributed by atoms with Gasteiger partial charge in [-0.2, -0.15) is 0 Å². The molecule has 0 saturated heterocycles. The molecule has 1 aromatic carbocycles. The summed E-state index contributed by atoms with van der Waals surface area (Å²) in [4.78, 5) is 46.4. The van der Waals surface area contributed by atoms with Crippen LogP contribution >= 0.6 is 0 Å². The molecule has 0 bridgehead atoms. The van der Waals surface area contributed by atoms with Crippen molar-refractivity contribution >= 4 is 23.5 Å². The molecule has 0 spiro atoms. The summed E-state index contributed by atoms with van der Waals surface area (Å²) in [5.41, 5.74) is 0.136. The molecular weight excluding hydrogens is 390 g/mol. The fraction of sp³-hybridized carbons (Fsp3) is 0.571. The third-order valence-electron chi connectivity index (χ3n) is 5.67. The minimum absolute atomic E-state index is 0.0279. The Morgan fingerprint density at radius 2 is 1.87 bits per heavy atom. The van der Waals surface area contributed by atoms with Crippen molar-refractivity contribution in [3.05, 3.63) is 39.9 Å². The lowest BCUT2D eigenvalue weighted by Crippen LogP contribution is -2.47. The fourth-order valence-electron chi connectivity index (χ4n) is 3.51. The van der Waals surface area contributed by atoms with Gasteiger partial charge in [0.05, 0.1) is 11.3 Å². The molecule has 1 aromatic rings. The van der Waals surface area contributed by atoms with Crippen molar-refractivity contribution in [3.8, 4) is 0 Å². The van der Waals surface area contributed by atoms with Gasteiger partial charge in [0.15, 0.2) is 6.10 Å². The SMILES string of the molecule is C[C@@H]1[C@H](C)CCC[C@H]1NC(=O)[C@@H](C)OC(=O)CCNC(=O)c1ccc([N+](=O)[O-])cc1. The molecule has 0 aliphatic heterocycles. The van der Waals surface area contributed by atoms with Gasteiger partial charge in [-0.3, -0.25) is 24.5 Å². The van der Waals surface area contributed by atoms with E-state index in [1.807, 2.05) is 0 Å². The molecule has 0 radical (unpaired) electrons. The quantitative estimate of drug-likeness (QED) is 0.379. The smallest absolute Gasteiger partial charge is 0.308 e. The zero-order chi connectivity index (χ0) is 22.3. The molecule has 9 nitrogen and oxygen atoms in total. The first-order valence-electron chi connectivity index (χ1n) is 10.2. The minimum Gasteiger partial charge on any atom is -0.452 e. The highest BCUT2D eigenvalue weighted by Gasteiger charge is 2.30. The number of non-ortho nitro benzene ring substituents is 1. The summed E-state index contributed by atoms with van der Waals surface area (Å²) >= 11 is 0. The average Bonchev–Trinajstić information content (AvgIpc) is 2.71. The normalized spacial score (nSPS) is 21.9. The van der Waals surface area contributed by atoms with Gasteiger partial charge >= 0.3 is 5.97 Å². The van der Waals surface area contributed by atoms with Crippen molar-refractivity contribution in [2.45, 2.75) is 58.6 Å². The number of hydrogen-bond acceptors (Lipinski definition) is 6. The van der Waals surface area contributed by atoms with Gasteiger partial charge in [0.1, 0.15) is 0 Å². The molecule has 1 saturated carbocycles. The second kappa shape index (κ2) is 10.7. The number of amides is 2. The van der Waals surface area contributed by atoms with Crippen molar-refractivity contribution in [1.82, 2.24) is 10.6 Å². The zero-order valence-electron chi connectivity index (χ0n) is 17.6. The lowest BCUT2D eigenvalue weighted by Gasteiger charge is -2.35. The van der Waals surface area contributed by atoms with Gasteiger partial charge in [0.25, 0.3) is 17.5 Å². The van der Waals surface area contributed by atoms with E-state index >= 15 is 0 Å². The van der Waals surface area contributed by atoms with E-state index in [1.54, 1.807) is 0 Å². The molecule has 1 aliphatic carbocycles. The maximum absolute atomic E-state index is 12.3. The molecule has 1 aliphatic rings. The third kappa shape index (κ3) is 6.53. The molecule has 9 heteroatoms. The summed E-state index contributed by atoms with van der Waals surface area (Å²) in [6.07, 6.45) is 2.15. The highest BCUT2D eigenvalue weighted by atomic mass is 16.6.